The molecule has 0 aromatic rings. The third-order valence-corrected chi connectivity index (χ3v) is 1.77. The zero-order chi connectivity index (χ0) is 12.8. The minimum absolute atomic E-state index is 0.0566. The molecule has 0 aliphatic rings. The zero-order valence-electron chi connectivity index (χ0n) is 10.6. The zero-order valence-corrected chi connectivity index (χ0v) is 10.6. The summed E-state index contributed by atoms with van der Waals surface area (Å²) >= 11 is 0. The first-order chi connectivity index (χ1) is 7.30. The van der Waals surface area contributed by atoms with Crippen molar-refractivity contribution in [1.29, 1.82) is 5.41 Å². The van der Waals surface area contributed by atoms with Crippen molar-refractivity contribution >= 4 is 12.2 Å². The van der Waals surface area contributed by atoms with E-state index in [9.17, 15) is 4.79 Å². The molecule has 0 atom stereocenters. The van der Waals surface area contributed by atoms with Gasteiger partial charge in [-0.2, -0.15) is 0 Å². The Balaban J connectivity index is 4.24. The molecular formula is C11H21N3O2. The molecule has 0 aromatic carbocycles. The highest BCUT2D eigenvalue weighted by Crippen LogP contribution is 2.06. The molecule has 0 amide bonds. The average Bonchev–Trinajstić information content (AvgIpc) is 2.15. The molecule has 0 aliphatic heterocycles. The van der Waals surface area contributed by atoms with E-state index in [-0.39, 0.29) is 12.5 Å². The Morgan fingerprint density at radius 2 is 2.00 bits per heavy atom. The van der Waals surface area contributed by atoms with Gasteiger partial charge >= 0.3 is 5.97 Å². The van der Waals surface area contributed by atoms with Crippen LogP contribution >= 0.6 is 0 Å². The van der Waals surface area contributed by atoms with Gasteiger partial charge in [-0.15, -0.1) is 0 Å². The summed E-state index contributed by atoms with van der Waals surface area (Å²) in [7, 11) is 1.76. The van der Waals surface area contributed by atoms with Gasteiger partial charge in [-0.25, -0.2) is 0 Å². The van der Waals surface area contributed by atoms with E-state index < -0.39 is 5.60 Å². The van der Waals surface area contributed by atoms with Crippen LogP contribution in [0.1, 0.15) is 27.7 Å². The lowest BCUT2D eigenvalue weighted by Gasteiger charge is -2.20. The molecule has 0 heterocycles. The predicted molar refractivity (Wildman–Crippen MR) is 64.4 cm³/mol. The molecule has 5 heteroatoms. The van der Waals surface area contributed by atoms with Gasteiger partial charge < -0.3 is 20.8 Å². The highest BCUT2D eigenvalue weighted by Gasteiger charge is 2.15. The lowest BCUT2D eigenvalue weighted by molar-refractivity contribution is -0.153. The van der Waals surface area contributed by atoms with Gasteiger partial charge in [-0.1, -0.05) is 0 Å². The summed E-state index contributed by atoms with van der Waals surface area (Å²) in [4.78, 5) is 11.4. The molecule has 5 nitrogen and oxygen atoms in total. The number of carbonyl (C=O) groups is 1. The Morgan fingerprint density at radius 1 is 1.44 bits per heavy atom. The minimum Gasteiger partial charge on any atom is -0.459 e. The van der Waals surface area contributed by atoms with Crippen LogP contribution in [0.15, 0.2) is 11.4 Å². The first kappa shape index (κ1) is 14.5. The Morgan fingerprint density at radius 3 is 2.38 bits per heavy atom. The first-order valence-electron chi connectivity index (χ1n) is 5.15. The highest BCUT2D eigenvalue weighted by atomic mass is 16.6. The molecule has 0 aromatic heterocycles. The molecule has 0 spiro atoms. The molecule has 0 rings (SSSR count). The third-order valence-electron chi connectivity index (χ3n) is 1.77. The second-order valence-electron chi connectivity index (χ2n) is 4.37. The van der Waals surface area contributed by atoms with Crippen molar-refractivity contribution in [3.8, 4) is 0 Å². The Kier molecular flexibility index (Phi) is 5.56. The van der Waals surface area contributed by atoms with Crippen molar-refractivity contribution in [1.82, 2.24) is 10.6 Å². The molecule has 0 bridgehead atoms. The van der Waals surface area contributed by atoms with Crippen LogP contribution in [0.25, 0.3) is 0 Å². The van der Waals surface area contributed by atoms with Gasteiger partial charge in [-0.3, -0.25) is 4.79 Å². The van der Waals surface area contributed by atoms with Gasteiger partial charge in [-0.05, 0) is 27.7 Å². The van der Waals surface area contributed by atoms with Crippen LogP contribution < -0.4 is 10.6 Å². The van der Waals surface area contributed by atoms with E-state index in [1.165, 1.54) is 0 Å². The molecule has 0 aliphatic carbocycles. The van der Waals surface area contributed by atoms with Gasteiger partial charge in [0.2, 0.25) is 0 Å². The van der Waals surface area contributed by atoms with Crippen LogP contribution in [0, 0.1) is 5.41 Å². The smallest absolute Gasteiger partial charge is 0.325 e. The van der Waals surface area contributed by atoms with E-state index in [1.54, 1.807) is 7.05 Å². The summed E-state index contributed by atoms with van der Waals surface area (Å²) in [5, 5.41) is 12.9. The number of carbonyl (C=O) groups excluding carboxylic acids is 1. The van der Waals surface area contributed by atoms with E-state index in [0.29, 0.717) is 5.70 Å². The number of hydrogen-bond acceptors (Lipinski definition) is 5. The van der Waals surface area contributed by atoms with Crippen molar-refractivity contribution in [2.45, 2.75) is 33.3 Å². The monoisotopic (exact) mass is 227 g/mol. The van der Waals surface area contributed by atoms with E-state index >= 15 is 0 Å². The van der Waals surface area contributed by atoms with Crippen LogP contribution in [-0.4, -0.2) is 31.4 Å². The van der Waals surface area contributed by atoms with Crippen molar-refractivity contribution in [3.05, 3.63) is 11.4 Å². The fourth-order valence-corrected chi connectivity index (χ4v) is 0.972. The van der Waals surface area contributed by atoms with Gasteiger partial charge in [0.1, 0.15) is 12.1 Å². The van der Waals surface area contributed by atoms with Crippen LogP contribution in [0.5, 0.6) is 0 Å². The Labute approximate surface area is 96.8 Å². The number of ether oxygens (including phenoxy) is 1. The number of rotatable bonds is 5. The molecule has 92 valence electrons. The Bertz CT molecular complexity index is 290. The van der Waals surface area contributed by atoms with Crippen LogP contribution in [0.3, 0.4) is 0 Å². The number of esters is 1. The van der Waals surface area contributed by atoms with Crippen molar-refractivity contribution in [2.75, 3.05) is 13.6 Å². The molecule has 16 heavy (non-hydrogen) atoms. The molecule has 0 radical (unpaired) electrons. The van der Waals surface area contributed by atoms with Crippen LogP contribution in [0.2, 0.25) is 0 Å². The van der Waals surface area contributed by atoms with E-state index in [0.717, 1.165) is 11.9 Å². The molecule has 0 saturated carbocycles. The summed E-state index contributed by atoms with van der Waals surface area (Å²) in [5.74, 6) is -0.337. The summed E-state index contributed by atoms with van der Waals surface area (Å²) in [5.41, 5.74) is 0.901. The fourth-order valence-electron chi connectivity index (χ4n) is 0.972. The Hall–Kier alpha value is -1.52. The van der Waals surface area contributed by atoms with Gasteiger partial charge in [0, 0.05) is 19.0 Å². The molecule has 3 N–H and O–H groups in total. The number of hydrogen-bond donors (Lipinski definition) is 3. The lowest BCUT2D eigenvalue weighted by atomic mass is 10.2. The first-order valence-corrected chi connectivity index (χ1v) is 5.15. The van der Waals surface area contributed by atoms with E-state index in [1.807, 2.05) is 27.7 Å². The van der Waals surface area contributed by atoms with E-state index in [4.69, 9.17) is 10.1 Å². The van der Waals surface area contributed by atoms with Crippen molar-refractivity contribution in [2.24, 2.45) is 0 Å². The van der Waals surface area contributed by atoms with Crippen molar-refractivity contribution < 1.29 is 9.53 Å². The summed E-state index contributed by atoms with van der Waals surface area (Å²) in [6.45, 7) is 7.33. The average molecular weight is 227 g/mol. The molecular weight excluding hydrogens is 206 g/mol. The number of allylic oxidation sites excluding steroid dienone is 2. The minimum atomic E-state index is -0.481. The van der Waals surface area contributed by atoms with Crippen LogP contribution in [0.4, 0.5) is 0 Å². The SMILES string of the molecule is CN/C(C)=C(/C=N)NCC(=O)OC(C)(C)C. The van der Waals surface area contributed by atoms with Crippen molar-refractivity contribution in [3.63, 3.8) is 0 Å². The summed E-state index contributed by atoms with van der Waals surface area (Å²) < 4.78 is 5.13. The maximum atomic E-state index is 11.4. The van der Waals surface area contributed by atoms with Gasteiger partial charge in [0.15, 0.2) is 0 Å². The standard InChI is InChI=1S/C11H21N3O2/c1-8(13-5)9(6-12)14-7-10(15)16-11(2,3)4/h6,12-14H,7H2,1-5H3/b9-8-,12-6?. The summed E-state index contributed by atoms with van der Waals surface area (Å²) in [6, 6.07) is 0. The van der Waals surface area contributed by atoms with Gasteiger partial charge in [0.25, 0.3) is 0 Å². The normalized spacial score (nSPS) is 12.6. The second-order valence-corrected chi connectivity index (χ2v) is 4.37. The largest absolute Gasteiger partial charge is 0.459 e. The molecule has 0 saturated heterocycles. The maximum absolute atomic E-state index is 11.4. The van der Waals surface area contributed by atoms with E-state index in [2.05, 4.69) is 10.6 Å². The summed E-state index contributed by atoms with van der Waals surface area (Å²) in [6.07, 6.45) is 1.16. The third kappa shape index (κ3) is 6.06. The molecule has 0 fully saturated rings. The quantitative estimate of drug-likeness (QED) is 0.484. The lowest BCUT2D eigenvalue weighted by Crippen LogP contribution is -2.32. The van der Waals surface area contributed by atoms with Gasteiger partial charge in [0.05, 0.1) is 5.70 Å². The number of nitrogens with one attached hydrogen (secondary N) is 3. The fraction of sp³-hybridized carbons (Fsp3) is 0.636. The second kappa shape index (κ2) is 6.15. The highest BCUT2D eigenvalue weighted by molar-refractivity contribution is 5.78. The predicted octanol–water partition coefficient (Wildman–Crippen LogP) is 1.02. The topological polar surface area (TPSA) is 74.2 Å². The van der Waals surface area contributed by atoms with Crippen LogP contribution in [-0.2, 0) is 9.53 Å². The molecule has 0 unspecified atom stereocenters. The maximum Gasteiger partial charge on any atom is 0.325 e.